The maximum absolute atomic E-state index is 12.2. The molecule has 1 rings (SSSR count). The molecule has 0 bridgehead atoms. The molecule has 0 fully saturated rings. The molecule has 1 N–H and O–H groups in total. The summed E-state index contributed by atoms with van der Waals surface area (Å²) in [6, 6.07) is 4.11. The van der Waals surface area contributed by atoms with E-state index < -0.39 is 11.7 Å². The van der Waals surface area contributed by atoms with E-state index in [0.717, 1.165) is 24.3 Å². The maximum atomic E-state index is 12.2. The summed E-state index contributed by atoms with van der Waals surface area (Å²) < 4.78 is 36.5. The number of nitrogens with one attached hydrogen (secondary N) is 1. The van der Waals surface area contributed by atoms with Crippen LogP contribution in [0.3, 0.4) is 0 Å². The number of hydrogen-bond acceptors (Lipinski definition) is 1. The van der Waals surface area contributed by atoms with Crippen LogP contribution in [-0.2, 0) is 6.18 Å². The summed E-state index contributed by atoms with van der Waals surface area (Å²) in [5.74, 6) is -0.369. The molecule has 1 amide bonds. The molecule has 0 spiro atoms. The summed E-state index contributed by atoms with van der Waals surface area (Å²) in [4.78, 5) is 11.2. The van der Waals surface area contributed by atoms with Crippen LogP contribution >= 0.6 is 0 Å². The molecular formula is C12H16F3NO. The van der Waals surface area contributed by atoms with Crippen molar-refractivity contribution in [2.24, 2.45) is 0 Å². The van der Waals surface area contributed by atoms with Crippen molar-refractivity contribution in [3.63, 3.8) is 0 Å². The maximum Gasteiger partial charge on any atom is 0.416 e. The SMILES string of the molecule is CC.CCNC(=O)c1ccc(C(F)(F)F)cc1. The van der Waals surface area contributed by atoms with Crippen LogP contribution < -0.4 is 5.32 Å². The van der Waals surface area contributed by atoms with E-state index >= 15 is 0 Å². The van der Waals surface area contributed by atoms with E-state index in [1.54, 1.807) is 6.92 Å². The number of amides is 1. The summed E-state index contributed by atoms with van der Waals surface area (Å²) in [7, 11) is 0. The number of carbonyl (C=O) groups is 1. The number of rotatable bonds is 2. The zero-order chi connectivity index (χ0) is 13.5. The second-order valence-electron chi connectivity index (χ2n) is 2.93. The molecule has 96 valence electrons. The highest BCUT2D eigenvalue weighted by Gasteiger charge is 2.30. The molecule has 0 saturated heterocycles. The van der Waals surface area contributed by atoms with Crippen LogP contribution in [0.4, 0.5) is 13.2 Å². The molecular weight excluding hydrogens is 231 g/mol. The van der Waals surface area contributed by atoms with Crippen molar-refractivity contribution in [3.05, 3.63) is 35.4 Å². The first-order chi connectivity index (χ1) is 7.95. The molecule has 0 radical (unpaired) electrons. The summed E-state index contributed by atoms with van der Waals surface area (Å²) in [6.45, 7) is 6.18. The Bertz CT molecular complexity index is 344. The summed E-state index contributed by atoms with van der Waals surface area (Å²) in [5, 5.41) is 2.50. The van der Waals surface area contributed by atoms with Gasteiger partial charge in [-0.05, 0) is 31.2 Å². The zero-order valence-electron chi connectivity index (χ0n) is 10.1. The van der Waals surface area contributed by atoms with Crippen LogP contribution in [0.2, 0.25) is 0 Å². The third-order valence-electron chi connectivity index (χ3n) is 1.81. The molecule has 0 unspecified atom stereocenters. The lowest BCUT2D eigenvalue weighted by Gasteiger charge is -2.07. The van der Waals surface area contributed by atoms with E-state index in [4.69, 9.17) is 0 Å². The molecule has 17 heavy (non-hydrogen) atoms. The minimum Gasteiger partial charge on any atom is -0.352 e. The Morgan fingerprint density at radius 2 is 1.65 bits per heavy atom. The molecule has 0 atom stereocenters. The van der Waals surface area contributed by atoms with E-state index in [1.807, 2.05) is 13.8 Å². The quantitative estimate of drug-likeness (QED) is 0.851. The van der Waals surface area contributed by atoms with Gasteiger partial charge < -0.3 is 5.32 Å². The fourth-order valence-corrected chi connectivity index (χ4v) is 1.07. The minimum atomic E-state index is -4.36. The fourth-order valence-electron chi connectivity index (χ4n) is 1.07. The van der Waals surface area contributed by atoms with E-state index in [-0.39, 0.29) is 11.5 Å². The first-order valence-corrected chi connectivity index (χ1v) is 5.40. The molecule has 0 aromatic heterocycles. The highest BCUT2D eigenvalue weighted by Crippen LogP contribution is 2.28. The smallest absolute Gasteiger partial charge is 0.352 e. The van der Waals surface area contributed by atoms with Gasteiger partial charge in [-0.2, -0.15) is 13.2 Å². The molecule has 1 aromatic carbocycles. The van der Waals surface area contributed by atoms with Gasteiger partial charge in [0.05, 0.1) is 5.56 Å². The van der Waals surface area contributed by atoms with Gasteiger partial charge in [-0.15, -0.1) is 0 Å². The van der Waals surface area contributed by atoms with Crippen LogP contribution in [0.25, 0.3) is 0 Å². The largest absolute Gasteiger partial charge is 0.416 e. The van der Waals surface area contributed by atoms with Crippen molar-refractivity contribution >= 4 is 5.91 Å². The summed E-state index contributed by atoms with van der Waals surface area (Å²) >= 11 is 0. The van der Waals surface area contributed by atoms with E-state index in [0.29, 0.717) is 6.54 Å². The van der Waals surface area contributed by atoms with E-state index in [1.165, 1.54) is 0 Å². The van der Waals surface area contributed by atoms with Crippen molar-refractivity contribution in [3.8, 4) is 0 Å². The topological polar surface area (TPSA) is 29.1 Å². The second kappa shape index (κ2) is 6.93. The van der Waals surface area contributed by atoms with E-state index in [2.05, 4.69) is 5.32 Å². The first kappa shape index (κ1) is 15.5. The van der Waals surface area contributed by atoms with Crippen LogP contribution in [0.5, 0.6) is 0 Å². The lowest BCUT2D eigenvalue weighted by atomic mass is 10.1. The normalized spacial score (nSPS) is 10.2. The van der Waals surface area contributed by atoms with Gasteiger partial charge in [0.2, 0.25) is 0 Å². The monoisotopic (exact) mass is 247 g/mol. The number of hydrogen-bond donors (Lipinski definition) is 1. The molecule has 5 heteroatoms. The molecule has 0 saturated carbocycles. The average molecular weight is 247 g/mol. The highest BCUT2D eigenvalue weighted by molar-refractivity contribution is 5.94. The predicted molar refractivity (Wildman–Crippen MR) is 60.8 cm³/mol. The molecule has 1 aromatic rings. The van der Waals surface area contributed by atoms with E-state index in [9.17, 15) is 18.0 Å². The van der Waals surface area contributed by atoms with Gasteiger partial charge in [-0.3, -0.25) is 4.79 Å². The zero-order valence-corrected chi connectivity index (χ0v) is 10.1. The lowest BCUT2D eigenvalue weighted by molar-refractivity contribution is -0.137. The molecule has 0 aliphatic carbocycles. The van der Waals surface area contributed by atoms with Gasteiger partial charge in [-0.25, -0.2) is 0 Å². The van der Waals surface area contributed by atoms with Crippen LogP contribution in [0.1, 0.15) is 36.7 Å². The molecule has 0 aliphatic rings. The number of alkyl halides is 3. The van der Waals surface area contributed by atoms with Gasteiger partial charge in [0.1, 0.15) is 0 Å². The molecule has 0 aliphatic heterocycles. The highest BCUT2D eigenvalue weighted by atomic mass is 19.4. The Morgan fingerprint density at radius 1 is 1.18 bits per heavy atom. The lowest BCUT2D eigenvalue weighted by Crippen LogP contribution is -2.22. The number of halogens is 3. The van der Waals surface area contributed by atoms with Crippen LogP contribution in [-0.4, -0.2) is 12.5 Å². The number of benzene rings is 1. The van der Waals surface area contributed by atoms with Crippen molar-refractivity contribution in [2.75, 3.05) is 6.54 Å². The fraction of sp³-hybridized carbons (Fsp3) is 0.417. The van der Waals surface area contributed by atoms with Crippen LogP contribution in [0, 0.1) is 0 Å². The minimum absolute atomic E-state index is 0.227. The third-order valence-corrected chi connectivity index (χ3v) is 1.81. The Balaban J connectivity index is 0.00000121. The van der Waals surface area contributed by atoms with Crippen molar-refractivity contribution in [1.82, 2.24) is 5.32 Å². The average Bonchev–Trinajstić information content (AvgIpc) is 2.31. The first-order valence-electron chi connectivity index (χ1n) is 5.40. The Kier molecular flexibility index (Phi) is 6.31. The second-order valence-corrected chi connectivity index (χ2v) is 2.93. The third kappa shape index (κ3) is 4.89. The van der Waals surface area contributed by atoms with Crippen molar-refractivity contribution < 1.29 is 18.0 Å². The van der Waals surface area contributed by atoms with Crippen LogP contribution in [0.15, 0.2) is 24.3 Å². The van der Waals surface area contributed by atoms with Crippen molar-refractivity contribution in [2.45, 2.75) is 26.9 Å². The Labute approximate surface area is 98.8 Å². The Hall–Kier alpha value is -1.52. The molecule has 0 heterocycles. The number of carbonyl (C=O) groups excluding carboxylic acids is 1. The molecule has 2 nitrogen and oxygen atoms in total. The summed E-state index contributed by atoms with van der Waals surface area (Å²) in [6.07, 6.45) is -4.36. The Morgan fingerprint density at radius 3 is 2.00 bits per heavy atom. The predicted octanol–water partition coefficient (Wildman–Crippen LogP) is 3.48. The summed E-state index contributed by atoms with van der Waals surface area (Å²) in [5.41, 5.74) is -0.527. The van der Waals surface area contributed by atoms with Gasteiger partial charge in [0.15, 0.2) is 0 Å². The van der Waals surface area contributed by atoms with Gasteiger partial charge in [-0.1, -0.05) is 13.8 Å². The van der Waals surface area contributed by atoms with Crippen molar-refractivity contribution in [1.29, 1.82) is 0 Å². The standard InChI is InChI=1S/C10H10F3NO.C2H6/c1-2-14-9(15)7-3-5-8(6-4-7)10(11,12)13;1-2/h3-6H,2H2,1H3,(H,14,15);1-2H3. The van der Waals surface area contributed by atoms with Gasteiger partial charge >= 0.3 is 6.18 Å². The van der Waals surface area contributed by atoms with Gasteiger partial charge in [0, 0.05) is 12.1 Å². The van der Waals surface area contributed by atoms with Gasteiger partial charge in [0.25, 0.3) is 5.91 Å².